The number of nitrogens with two attached hydrogens (primary N) is 1. The second-order valence-electron chi connectivity index (χ2n) is 3.52. The van der Waals surface area contributed by atoms with E-state index in [4.69, 9.17) is 5.14 Å². The molecule has 102 valence electrons. The zero-order chi connectivity index (χ0) is 13.6. The van der Waals surface area contributed by atoms with Crippen LogP contribution in [-0.4, -0.2) is 44.0 Å². The first-order valence-electron chi connectivity index (χ1n) is 5.30. The number of sulfonamides is 1. The van der Waals surface area contributed by atoms with E-state index in [9.17, 15) is 8.42 Å². The van der Waals surface area contributed by atoms with Crippen molar-refractivity contribution < 1.29 is 8.42 Å². The van der Waals surface area contributed by atoms with Gasteiger partial charge in [-0.1, -0.05) is 11.8 Å². The molecule has 4 N–H and O–H groups in total. The molecule has 1 rings (SSSR count). The predicted molar refractivity (Wildman–Crippen MR) is 74.4 cm³/mol. The molecule has 0 aliphatic heterocycles. The summed E-state index contributed by atoms with van der Waals surface area (Å²) in [5, 5.41) is 11.5. The van der Waals surface area contributed by atoms with Gasteiger partial charge in [-0.2, -0.15) is 0 Å². The zero-order valence-corrected chi connectivity index (χ0v) is 11.9. The second kappa shape index (κ2) is 6.76. The molecule has 1 heterocycles. The Hall–Kier alpha value is -1.06. The molecule has 0 aromatic carbocycles. The standard InChI is InChI=1S/C9H17N5O2S2/c1-11-7-6-8(14-9(13-7)17-2)12-4-3-5-18(10,15)16/h6H,3-5H2,1-2H3,(H2,10,15,16)(H2,11,12,13,14). The van der Waals surface area contributed by atoms with Crippen LogP contribution in [0.1, 0.15) is 6.42 Å². The van der Waals surface area contributed by atoms with E-state index in [1.807, 2.05) is 6.26 Å². The van der Waals surface area contributed by atoms with Gasteiger partial charge in [-0.3, -0.25) is 0 Å². The Morgan fingerprint density at radius 1 is 1.39 bits per heavy atom. The average Bonchev–Trinajstić information content (AvgIpc) is 2.33. The van der Waals surface area contributed by atoms with E-state index in [-0.39, 0.29) is 5.75 Å². The number of hydrogen-bond donors (Lipinski definition) is 3. The highest BCUT2D eigenvalue weighted by Gasteiger charge is 2.04. The maximum Gasteiger partial charge on any atom is 0.209 e. The molecule has 0 aliphatic rings. The molecule has 0 fully saturated rings. The highest BCUT2D eigenvalue weighted by Crippen LogP contribution is 2.16. The van der Waals surface area contributed by atoms with Crippen LogP contribution in [0.25, 0.3) is 0 Å². The minimum atomic E-state index is -3.39. The Kier molecular flexibility index (Phi) is 5.63. The van der Waals surface area contributed by atoms with E-state index >= 15 is 0 Å². The second-order valence-corrected chi connectivity index (χ2v) is 6.03. The van der Waals surface area contributed by atoms with Crippen LogP contribution in [0.5, 0.6) is 0 Å². The normalized spacial score (nSPS) is 11.3. The molecule has 0 saturated carbocycles. The van der Waals surface area contributed by atoms with Crippen molar-refractivity contribution in [1.82, 2.24) is 9.97 Å². The van der Waals surface area contributed by atoms with Gasteiger partial charge in [0.25, 0.3) is 0 Å². The largest absolute Gasteiger partial charge is 0.373 e. The third-order valence-electron chi connectivity index (χ3n) is 2.06. The van der Waals surface area contributed by atoms with E-state index in [1.165, 1.54) is 11.8 Å². The molecule has 0 radical (unpaired) electrons. The summed E-state index contributed by atoms with van der Waals surface area (Å²) >= 11 is 1.44. The maximum atomic E-state index is 10.8. The van der Waals surface area contributed by atoms with Crippen molar-refractivity contribution in [2.45, 2.75) is 11.6 Å². The molecule has 0 unspecified atom stereocenters. The fourth-order valence-corrected chi connectivity index (χ4v) is 2.15. The number of nitrogens with one attached hydrogen (secondary N) is 2. The molecular formula is C9H17N5O2S2. The summed E-state index contributed by atoms with van der Waals surface area (Å²) in [5.74, 6) is 1.33. The summed E-state index contributed by atoms with van der Waals surface area (Å²) in [5.41, 5.74) is 0. The van der Waals surface area contributed by atoms with Gasteiger partial charge < -0.3 is 10.6 Å². The van der Waals surface area contributed by atoms with Crippen LogP contribution in [0.15, 0.2) is 11.2 Å². The highest BCUT2D eigenvalue weighted by molar-refractivity contribution is 7.98. The van der Waals surface area contributed by atoms with Gasteiger partial charge in [0.05, 0.1) is 5.75 Å². The minimum Gasteiger partial charge on any atom is -0.373 e. The van der Waals surface area contributed by atoms with Gasteiger partial charge in [0.15, 0.2) is 5.16 Å². The minimum absolute atomic E-state index is 0.0423. The van der Waals surface area contributed by atoms with Crippen molar-refractivity contribution in [3.8, 4) is 0 Å². The maximum absolute atomic E-state index is 10.8. The molecule has 7 nitrogen and oxygen atoms in total. The van der Waals surface area contributed by atoms with Gasteiger partial charge in [-0.05, 0) is 12.7 Å². The van der Waals surface area contributed by atoms with Crippen molar-refractivity contribution in [1.29, 1.82) is 0 Å². The molecule has 0 atom stereocenters. The quantitative estimate of drug-likeness (QED) is 0.377. The number of primary sulfonamides is 1. The van der Waals surface area contributed by atoms with E-state index in [2.05, 4.69) is 20.6 Å². The lowest BCUT2D eigenvalue weighted by Gasteiger charge is -2.08. The number of hydrogen-bond acceptors (Lipinski definition) is 7. The molecular weight excluding hydrogens is 274 g/mol. The summed E-state index contributed by atoms with van der Waals surface area (Å²) < 4.78 is 21.5. The van der Waals surface area contributed by atoms with Crippen LogP contribution in [0, 0.1) is 0 Å². The molecule has 0 spiro atoms. The first kappa shape index (κ1) is 15.0. The fourth-order valence-electron chi connectivity index (χ4n) is 1.22. The summed E-state index contributed by atoms with van der Waals surface area (Å²) in [6.07, 6.45) is 2.33. The van der Waals surface area contributed by atoms with E-state index in [0.717, 1.165) is 0 Å². The molecule has 0 saturated heterocycles. The van der Waals surface area contributed by atoms with E-state index in [0.29, 0.717) is 29.8 Å². The Bertz CT molecular complexity index is 469. The van der Waals surface area contributed by atoms with Crippen molar-refractivity contribution in [3.05, 3.63) is 6.07 Å². The van der Waals surface area contributed by atoms with Crippen molar-refractivity contribution in [3.63, 3.8) is 0 Å². The highest BCUT2D eigenvalue weighted by atomic mass is 32.2. The van der Waals surface area contributed by atoms with Crippen LogP contribution in [0.3, 0.4) is 0 Å². The number of anilines is 2. The van der Waals surface area contributed by atoms with Gasteiger partial charge in [-0.15, -0.1) is 0 Å². The predicted octanol–water partition coefficient (Wildman–Crippen LogP) is 0.331. The third-order valence-corrected chi connectivity index (χ3v) is 3.46. The van der Waals surface area contributed by atoms with Crippen LogP contribution < -0.4 is 15.8 Å². The van der Waals surface area contributed by atoms with Crippen LogP contribution >= 0.6 is 11.8 Å². The van der Waals surface area contributed by atoms with E-state index in [1.54, 1.807) is 13.1 Å². The van der Waals surface area contributed by atoms with Gasteiger partial charge >= 0.3 is 0 Å². The molecule has 18 heavy (non-hydrogen) atoms. The lowest BCUT2D eigenvalue weighted by Crippen LogP contribution is -2.19. The Balaban J connectivity index is 2.56. The zero-order valence-electron chi connectivity index (χ0n) is 10.3. The lowest BCUT2D eigenvalue weighted by atomic mass is 10.4. The van der Waals surface area contributed by atoms with Crippen molar-refractivity contribution in [2.75, 3.05) is 36.2 Å². The Morgan fingerprint density at radius 2 is 2.06 bits per heavy atom. The van der Waals surface area contributed by atoms with Crippen LogP contribution in [0.4, 0.5) is 11.6 Å². The first-order chi connectivity index (χ1) is 8.44. The van der Waals surface area contributed by atoms with Gasteiger partial charge in [0.2, 0.25) is 10.0 Å². The summed E-state index contributed by atoms with van der Waals surface area (Å²) in [6, 6.07) is 1.76. The SMILES string of the molecule is CNc1cc(NCCCS(N)(=O)=O)nc(SC)n1. The number of thioether (sulfide) groups is 1. The molecule has 9 heteroatoms. The smallest absolute Gasteiger partial charge is 0.209 e. The summed E-state index contributed by atoms with van der Waals surface area (Å²) in [4.78, 5) is 8.48. The van der Waals surface area contributed by atoms with Gasteiger partial charge in [0.1, 0.15) is 11.6 Å². The molecule has 0 amide bonds. The van der Waals surface area contributed by atoms with Crippen molar-refractivity contribution >= 4 is 33.4 Å². The molecule has 1 aromatic rings. The van der Waals surface area contributed by atoms with Crippen molar-refractivity contribution in [2.24, 2.45) is 5.14 Å². The summed E-state index contributed by atoms with van der Waals surface area (Å²) in [6.45, 7) is 0.490. The third kappa shape index (κ3) is 5.52. The summed E-state index contributed by atoms with van der Waals surface area (Å²) in [7, 11) is -1.62. The Morgan fingerprint density at radius 3 is 2.61 bits per heavy atom. The lowest BCUT2D eigenvalue weighted by molar-refractivity contribution is 0.595. The van der Waals surface area contributed by atoms with Gasteiger partial charge in [0, 0.05) is 19.7 Å². The molecule has 1 aromatic heterocycles. The van der Waals surface area contributed by atoms with Crippen LogP contribution in [-0.2, 0) is 10.0 Å². The monoisotopic (exact) mass is 291 g/mol. The Labute approximate surface area is 111 Å². The number of aromatic nitrogens is 2. The van der Waals surface area contributed by atoms with Crippen LogP contribution in [0.2, 0.25) is 0 Å². The topological polar surface area (TPSA) is 110 Å². The van der Waals surface area contributed by atoms with Gasteiger partial charge in [-0.25, -0.2) is 23.5 Å². The van der Waals surface area contributed by atoms with E-state index < -0.39 is 10.0 Å². The average molecular weight is 291 g/mol. The number of nitrogens with zero attached hydrogens (tertiary/aromatic N) is 2. The molecule has 0 bridgehead atoms. The number of rotatable bonds is 7. The fraction of sp³-hybridized carbons (Fsp3) is 0.556. The first-order valence-corrected chi connectivity index (χ1v) is 8.24. The molecule has 0 aliphatic carbocycles.